The van der Waals surface area contributed by atoms with Gasteiger partial charge < -0.3 is 24.4 Å². The number of aliphatic hydroxyl groups is 1. The zero-order chi connectivity index (χ0) is 24.1. The second-order valence-electron chi connectivity index (χ2n) is 8.15. The van der Waals surface area contributed by atoms with Crippen LogP contribution >= 0.6 is 11.6 Å². The van der Waals surface area contributed by atoms with Gasteiger partial charge in [0.05, 0.1) is 46.0 Å². The van der Waals surface area contributed by atoms with E-state index < -0.39 is 17.7 Å². The number of likely N-dealkylation sites (tertiary alicyclic amines) is 1. The average molecular weight is 474 g/mol. The molecule has 1 aliphatic heterocycles. The number of rotatable bonds is 9. The normalized spacial score (nSPS) is 17.6. The molecule has 1 aliphatic rings. The number of benzene rings is 2. The van der Waals surface area contributed by atoms with E-state index in [1.165, 1.54) is 16.9 Å². The van der Waals surface area contributed by atoms with Crippen LogP contribution in [-0.4, -0.2) is 62.6 Å². The number of amides is 1. The highest BCUT2D eigenvalue weighted by atomic mass is 35.5. The number of Topliss-reactive ketones (excluding diaryl/α,β-unsaturated/α-hetero) is 1. The van der Waals surface area contributed by atoms with Crippen molar-refractivity contribution in [3.8, 4) is 11.5 Å². The van der Waals surface area contributed by atoms with E-state index in [9.17, 15) is 14.7 Å². The number of carbonyl (C=O) groups excluding carboxylic acids is 2. The summed E-state index contributed by atoms with van der Waals surface area (Å²) in [4.78, 5) is 28.9. The minimum absolute atomic E-state index is 0.0470. The molecule has 3 rings (SSSR count). The van der Waals surface area contributed by atoms with Crippen LogP contribution in [0.25, 0.3) is 5.76 Å². The largest absolute Gasteiger partial charge is 0.507 e. The first kappa shape index (κ1) is 24.6. The van der Waals surface area contributed by atoms with Crippen molar-refractivity contribution in [2.45, 2.75) is 19.4 Å². The molecule has 7 nitrogen and oxygen atoms in total. The number of ketones is 1. The molecule has 0 unspecified atom stereocenters. The Morgan fingerprint density at radius 3 is 2.42 bits per heavy atom. The van der Waals surface area contributed by atoms with Gasteiger partial charge in [0, 0.05) is 23.6 Å². The molecule has 0 spiro atoms. The Bertz CT molecular complexity index is 1050. The van der Waals surface area contributed by atoms with Crippen LogP contribution in [-0.2, 0) is 9.59 Å². The van der Waals surface area contributed by atoms with Crippen LogP contribution in [0.1, 0.15) is 30.5 Å². The number of aliphatic hydroxyl groups excluding tert-OH is 1. The van der Waals surface area contributed by atoms with Gasteiger partial charge in [-0.15, -0.1) is 0 Å². The highest BCUT2D eigenvalue weighted by Gasteiger charge is 2.46. The second-order valence-corrected chi connectivity index (χ2v) is 8.59. The van der Waals surface area contributed by atoms with Crippen LogP contribution < -0.4 is 14.4 Å². The molecule has 0 saturated carbocycles. The highest BCUT2D eigenvalue weighted by Crippen LogP contribution is 2.42. The third kappa shape index (κ3) is 5.31. The molecule has 2 N–H and O–H groups in total. The number of methoxy groups -OCH3 is 1. The summed E-state index contributed by atoms with van der Waals surface area (Å²) in [5, 5.41) is 11.6. The van der Waals surface area contributed by atoms with Crippen LogP contribution in [0.2, 0.25) is 5.02 Å². The summed E-state index contributed by atoms with van der Waals surface area (Å²) in [7, 11) is 5.60. The first-order valence-corrected chi connectivity index (χ1v) is 11.3. The molecule has 0 aliphatic carbocycles. The van der Waals surface area contributed by atoms with Gasteiger partial charge in [-0.2, -0.15) is 0 Å². The Kier molecular flexibility index (Phi) is 8.00. The Hall–Kier alpha value is -3.03. The third-order valence-corrected chi connectivity index (χ3v) is 5.79. The van der Waals surface area contributed by atoms with Crippen molar-refractivity contribution in [2.75, 3.05) is 40.9 Å². The van der Waals surface area contributed by atoms with Crippen molar-refractivity contribution in [1.82, 2.24) is 4.90 Å². The third-order valence-electron chi connectivity index (χ3n) is 5.54. The molecule has 2 aromatic rings. The predicted octanol–water partition coefficient (Wildman–Crippen LogP) is 2.70. The fourth-order valence-electron chi connectivity index (χ4n) is 3.95. The molecule has 1 amide bonds. The summed E-state index contributed by atoms with van der Waals surface area (Å²) in [6, 6.07) is 11.0. The van der Waals surface area contributed by atoms with Crippen molar-refractivity contribution in [1.29, 1.82) is 0 Å². The molecule has 1 saturated heterocycles. The Morgan fingerprint density at radius 1 is 1.12 bits per heavy atom. The molecule has 1 fully saturated rings. The van der Waals surface area contributed by atoms with Gasteiger partial charge in [0.1, 0.15) is 5.76 Å². The van der Waals surface area contributed by atoms with Gasteiger partial charge in [-0.1, -0.05) is 17.7 Å². The van der Waals surface area contributed by atoms with Gasteiger partial charge in [-0.05, 0) is 48.9 Å². The number of hydrogen-bond acceptors (Lipinski definition) is 5. The number of nitrogens with one attached hydrogen (secondary N) is 1. The van der Waals surface area contributed by atoms with Crippen molar-refractivity contribution in [2.24, 2.45) is 0 Å². The SMILES string of the molecule is CCOc1ccc([C@@H]2/C(=C(/O)c3ccc(Cl)cc3)C(=O)C(=O)N2CCC[NH+](C)C)cc1OC. The van der Waals surface area contributed by atoms with Crippen molar-refractivity contribution in [3.63, 3.8) is 0 Å². The minimum Gasteiger partial charge on any atom is -0.507 e. The van der Waals surface area contributed by atoms with E-state index >= 15 is 0 Å². The molecule has 176 valence electrons. The van der Waals surface area contributed by atoms with Gasteiger partial charge in [-0.3, -0.25) is 9.59 Å². The number of quaternary nitrogens is 1. The lowest BCUT2D eigenvalue weighted by Gasteiger charge is -2.26. The average Bonchev–Trinajstić information content (AvgIpc) is 3.04. The number of halogens is 1. The first-order valence-electron chi connectivity index (χ1n) is 10.9. The van der Waals surface area contributed by atoms with Gasteiger partial charge in [-0.25, -0.2) is 0 Å². The molecule has 2 aromatic carbocycles. The molecule has 0 radical (unpaired) electrons. The van der Waals surface area contributed by atoms with Crippen LogP contribution in [0.15, 0.2) is 48.0 Å². The van der Waals surface area contributed by atoms with Crippen LogP contribution in [0.4, 0.5) is 0 Å². The van der Waals surface area contributed by atoms with E-state index in [0.29, 0.717) is 47.2 Å². The summed E-state index contributed by atoms with van der Waals surface area (Å²) in [5.74, 6) is -0.517. The predicted molar refractivity (Wildman–Crippen MR) is 127 cm³/mol. The topological polar surface area (TPSA) is 80.5 Å². The van der Waals surface area contributed by atoms with Crippen molar-refractivity contribution < 1.29 is 29.1 Å². The quantitative estimate of drug-likeness (QED) is 0.332. The molecule has 33 heavy (non-hydrogen) atoms. The maximum Gasteiger partial charge on any atom is 0.295 e. The first-order chi connectivity index (χ1) is 15.8. The minimum atomic E-state index is -0.748. The molecular weight excluding hydrogens is 444 g/mol. The lowest BCUT2D eigenvalue weighted by Crippen LogP contribution is -3.05. The van der Waals surface area contributed by atoms with Gasteiger partial charge >= 0.3 is 0 Å². The zero-order valence-electron chi connectivity index (χ0n) is 19.4. The van der Waals surface area contributed by atoms with Gasteiger partial charge in [0.25, 0.3) is 11.7 Å². The van der Waals surface area contributed by atoms with Crippen LogP contribution in [0, 0.1) is 0 Å². The fourth-order valence-corrected chi connectivity index (χ4v) is 4.08. The van der Waals surface area contributed by atoms with Crippen LogP contribution in [0.5, 0.6) is 11.5 Å². The maximum absolute atomic E-state index is 13.1. The van der Waals surface area contributed by atoms with E-state index in [2.05, 4.69) is 0 Å². The summed E-state index contributed by atoms with van der Waals surface area (Å²) >= 11 is 5.98. The number of nitrogens with zero attached hydrogens (tertiary/aromatic N) is 1. The molecule has 0 bridgehead atoms. The fraction of sp³-hybridized carbons (Fsp3) is 0.360. The summed E-state index contributed by atoms with van der Waals surface area (Å²) in [6.07, 6.45) is 0.709. The van der Waals surface area contributed by atoms with Crippen LogP contribution in [0.3, 0.4) is 0 Å². The Morgan fingerprint density at radius 2 is 1.82 bits per heavy atom. The molecule has 1 atom stereocenters. The zero-order valence-corrected chi connectivity index (χ0v) is 20.1. The number of carbonyl (C=O) groups is 2. The second kappa shape index (κ2) is 10.7. The standard InChI is InChI=1S/C25H29ClN2O5/c1-5-33-19-12-9-17(15-20(19)32-4)22-21(23(29)16-7-10-18(26)11-8-16)24(30)25(31)28(22)14-6-13-27(2)3/h7-12,15,22,29H,5-6,13-14H2,1-4H3/p+1/b23-21-/t22-/m1/s1. The highest BCUT2D eigenvalue weighted by molar-refractivity contribution is 6.46. The Labute approximate surface area is 199 Å². The van der Waals surface area contributed by atoms with Gasteiger partial charge in [0.15, 0.2) is 11.5 Å². The number of ether oxygens (including phenoxy) is 2. The van der Waals surface area contributed by atoms with Gasteiger partial charge in [0.2, 0.25) is 0 Å². The smallest absolute Gasteiger partial charge is 0.295 e. The van der Waals surface area contributed by atoms with E-state index in [1.807, 2.05) is 21.0 Å². The monoisotopic (exact) mass is 473 g/mol. The van der Waals surface area contributed by atoms with Crippen molar-refractivity contribution >= 4 is 29.1 Å². The summed E-state index contributed by atoms with van der Waals surface area (Å²) in [5.41, 5.74) is 1.12. The van der Waals surface area contributed by atoms with E-state index in [1.54, 1.807) is 42.5 Å². The summed E-state index contributed by atoms with van der Waals surface area (Å²) < 4.78 is 11.1. The molecular formula is C25H30ClN2O5+. The maximum atomic E-state index is 13.1. The molecule has 8 heteroatoms. The molecule has 0 aromatic heterocycles. The summed E-state index contributed by atoms with van der Waals surface area (Å²) in [6.45, 7) is 3.56. The Balaban J connectivity index is 2.12. The lowest BCUT2D eigenvalue weighted by molar-refractivity contribution is -0.858. The number of hydrogen-bond donors (Lipinski definition) is 2. The lowest BCUT2D eigenvalue weighted by atomic mass is 9.95. The van der Waals surface area contributed by atoms with E-state index in [4.69, 9.17) is 21.1 Å². The molecule has 1 heterocycles. The van der Waals surface area contributed by atoms with Crippen molar-refractivity contribution in [3.05, 3.63) is 64.2 Å². The van der Waals surface area contributed by atoms with E-state index in [-0.39, 0.29) is 11.3 Å². The van der Waals surface area contributed by atoms with E-state index in [0.717, 1.165) is 6.54 Å².